The summed E-state index contributed by atoms with van der Waals surface area (Å²) in [6, 6.07) is 13.3. The highest BCUT2D eigenvalue weighted by Crippen LogP contribution is 2.29. The Labute approximate surface area is 104 Å². The standard InChI is InChI=1S/C15H11NO2/c1-10(17)14-7-8-15(18-14)12-4-2-6-13-11(12)5-3-9-16-13/h2-9H,1H3. The Morgan fingerprint density at radius 1 is 1.11 bits per heavy atom. The van der Waals surface area contributed by atoms with Gasteiger partial charge in [-0.3, -0.25) is 9.78 Å². The summed E-state index contributed by atoms with van der Waals surface area (Å²) in [5.41, 5.74) is 1.86. The first-order valence-electron chi connectivity index (χ1n) is 5.70. The van der Waals surface area contributed by atoms with Gasteiger partial charge in [0.1, 0.15) is 5.76 Å². The summed E-state index contributed by atoms with van der Waals surface area (Å²) in [7, 11) is 0. The fourth-order valence-corrected chi connectivity index (χ4v) is 1.99. The molecule has 3 nitrogen and oxygen atoms in total. The van der Waals surface area contributed by atoms with E-state index in [1.807, 2.05) is 36.4 Å². The zero-order chi connectivity index (χ0) is 12.5. The quantitative estimate of drug-likeness (QED) is 0.638. The van der Waals surface area contributed by atoms with Gasteiger partial charge >= 0.3 is 0 Å². The van der Waals surface area contributed by atoms with E-state index in [2.05, 4.69) is 4.98 Å². The number of fused-ring (bicyclic) bond motifs is 1. The van der Waals surface area contributed by atoms with Crippen LogP contribution in [0.5, 0.6) is 0 Å². The van der Waals surface area contributed by atoms with Crippen LogP contribution in [0.25, 0.3) is 22.2 Å². The molecular formula is C15H11NO2. The van der Waals surface area contributed by atoms with Gasteiger partial charge in [-0.15, -0.1) is 0 Å². The summed E-state index contributed by atoms with van der Waals surface area (Å²) in [5.74, 6) is 1.00. The number of Topliss-reactive ketones (excluding diaryl/α,β-unsaturated/α-hetero) is 1. The number of hydrogen-bond donors (Lipinski definition) is 0. The van der Waals surface area contributed by atoms with Gasteiger partial charge in [0.2, 0.25) is 0 Å². The van der Waals surface area contributed by atoms with Gasteiger partial charge in [-0.25, -0.2) is 0 Å². The molecule has 1 aromatic carbocycles. The molecule has 0 fully saturated rings. The number of furan rings is 1. The Morgan fingerprint density at radius 3 is 2.78 bits per heavy atom. The first kappa shape index (κ1) is 10.7. The third-order valence-corrected chi connectivity index (χ3v) is 2.86. The van der Waals surface area contributed by atoms with Crippen molar-refractivity contribution in [2.75, 3.05) is 0 Å². The number of aromatic nitrogens is 1. The monoisotopic (exact) mass is 237 g/mol. The van der Waals surface area contributed by atoms with Crippen molar-refractivity contribution in [1.29, 1.82) is 0 Å². The fourth-order valence-electron chi connectivity index (χ4n) is 1.99. The molecule has 18 heavy (non-hydrogen) atoms. The van der Waals surface area contributed by atoms with Crippen molar-refractivity contribution in [2.24, 2.45) is 0 Å². The van der Waals surface area contributed by atoms with Crippen LogP contribution in [0.3, 0.4) is 0 Å². The number of carbonyl (C=O) groups is 1. The Kier molecular flexibility index (Phi) is 2.45. The molecule has 0 aliphatic heterocycles. The number of benzene rings is 1. The van der Waals surface area contributed by atoms with E-state index >= 15 is 0 Å². The Bertz CT molecular complexity index is 723. The van der Waals surface area contributed by atoms with Crippen LogP contribution < -0.4 is 0 Å². The van der Waals surface area contributed by atoms with Crippen molar-refractivity contribution in [3.05, 3.63) is 54.4 Å². The third kappa shape index (κ3) is 1.70. The lowest BCUT2D eigenvalue weighted by Crippen LogP contribution is -1.86. The number of ketones is 1. The molecule has 3 rings (SSSR count). The lowest BCUT2D eigenvalue weighted by atomic mass is 10.1. The third-order valence-electron chi connectivity index (χ3n) is 2.86. The highest BCUT2D eigenvalue weighted by atomic mass is 16.3. The topological polar surface area (TPSA) is 43.1 Å². The normalized spacial score (nSPS) is 10.7. The molecule has 0 radical (unpaired) electrons. The highest BCUT2D eigenvalue weighted by Gasteiger charge is 2.10. The Balaban J connectivity index is 2.21. The van der Waals surface area contributed by atoms with Crippen molar-refractivity contribution < 1.29 is 9.21 Å². The lowest BCUT2D eigenvalue weighted by Gasteiger charge is -2.02. The molecule has 0 saturated carbocycles. The number of pyridine rings is 1. The van der Waals surface area contributed by atoms with E-state index in [-0.39, 0.29) is 5.78 Å². The summed E-state index contributed by atoms with van der Waals surface area (Å²) in [5, 5.41) is 1.02. The number of rotatable bonds is 2. The van der Waals surface area contributed by atoms with E-state index in [1.54, 1.807) is 12.3 Å². The van der Waals surface area contributed by atoms with Crippen LogP contribution in [-0.4, -0.2) is 10.8 Å². The average Bonchev–Trinajstić information content (AvgIpc) is 2.87. The SMILES string of the molecule is CC(=O)c1ccc(-c2cccc3ncccc23)o1. The minimum absolute atomic E-state index is 0.0698. The van der Waals surface area contributed by atoms with Gasteiger partial charge in [-0.2, -0.15) is 0 Å². The van der Waals surface area contributed by atoms with Crippen LogP contribution in [0.1, 0.15) is 17.5 Å². The summed E-state index contributed by atoms with van der Waals surface area (Å²) < 4.78 is 5.56. The molecule has 3 heteroatoms. The Morgan fingerprint density at radius 2 is 2.00 bits per heavy atom. The largest absolute Gasteiger partial charge is 0.453 e. The first-order valence-corrected chi connectivity index (χ1v) is 5.70. The van der Waals surface area contributed by atoms with Gasteiger partial charge in [-0.05, 0) is 24.3 Å². The molecule has 0 aliphatic rings. The van der Waals surface area contributed by atoms with Gasteiger partial charge in [-0.1, -0.05) is 18.2 Å². The highest BCUT2D eigenvalue weighted by molar-refractivity contribution is 5.95. The van der Waals surface area contributed by atoms with Gasteiger partial charge < -0.3 is 4.42 Å². The molecule has 3 aromatic rings. The molecule has 0 spiro atoms. The van der Waals surface area contributed by atoms with Crippen LogP contribution >= 0.6 is 0 Å². The van der Waals surface area contributed by atoms with Crippen LogP contribution in [0.15, 0.2) is 53.1 Å². The van der Waals surface area contributed by atoms with Crippen molar-refractivity contribution in [3.63, 3.8) is 0 Å². The maximum atomic E-state index is 11.2. The summed E-state index contributed by atoms with van der Waals surface area (Å²) in [6.45, 7) is 1.49. The molecule has 88 valence electrons. The molecule has 0 saturated heterocycles. The summed E-state index contributed by atoms with van der Waals surface area (Å²) >= 11 is 0. The molecule has 0 N–H and O–H groups in total. The first-order chi connectivity index (χ1) is 8.75. The second-order valence-corrected chi connectivity index (χ2v) is 4.10. The number of carbonyl (C=O) groups excluding carboxylic acids is 1. The number of hydrogen-bond acceptors (Lipinski definition) is 3. The molecule has 0 aliphatic carbocycles. The molecule has 2 heterocycles. The van der Waals surface area contributed by atoms with E-state index in [4.69, 9.17) is 4.42 Å². The van der Waals surface area contributed by atoms with E-state index in [9.17, 15) is 4.79 Å². The molecule has 0 atom stereocenters. The minimum atomic E-state index is -0.0698. The molecule has 0 amide bonds. The van der Waals surface area contributed by atoms with Gasteiger partial charge in [0.05, 0.1) is 5.52 Å². The minimum Gasteiger partial charge on any atom is -0.453 e. The maximum Gasteiger partial charge on any atom is 0.194 e. The van der Waals surface area contributed by atoms with E-state index in [0.717, 1.165) is 16.5 Å². The molecule has 0 unspecified atom stereocenters. The van der Waals surface area contributed by atoms with Crippen molar-refractivity contribution in [2.45, 2.75) is 6.92 Å². The van der Waals surface area contributed by atoms with Crippen LogP contribution in [0.2, 0.25) is 0 Å². The fraction of sp³-hybridized carbons (Fsp3) is 0.0667. The van der Waals surface area contributed by atoms with Crippen LogP contribution in [0, 0.1) is 0 Å². The van der Waals surface area contributed by atoms with Crippen LogP contribution in [-0.2, 0) is 0 Å². The molecule has 2 aromatic heterocycles. The van der Waals surface area contributed by atoms with Crippen molar-refractivity contribution in [1.82, 2.24) is 4.98 Å². The zero-order valence-corrected chi connectivity index (χ0v) is 9.88. The van der Waals surface area contributed by atoms with Crippen molar-refractivity contribution in [3.8, 4) is 11.3 Å². The Hall–Kier alpha value is -2.42. The van der Waals surface area contributed by atoms with E-state index < -0.39 is 0 Å². The zero-order valence-electron chi connectivity index (χ0n) is 9.88. The van der Waals surface area contributed by atoms with E-state index in [1.165, 1.54) is 6.92 Å². The maximum absolute atomic E-state index is 11.2. The number of nitrogens with zero attached hydrogens (tertiary/aromatic N) is 1. The van der Waals surface area contributed by atoms with Gasteiger partial charge in [0.15, 0.2) is 11.5 Å². The van der Waals surface area contributed by atoms with Gasteiger partial charge in [0.25, 0.3) is 0 Å². The van der Waals surface area contributed by atoms with Crippen LogP contribution in [0.4, 0.5) is 0 Å². The van der Waals surface area contributed by atoms with E-state index in [0.29, 0.717) is 11.5 Å². The summed E-state index contributed by atoms with van der Waals surface area (Å²) in [6.07, 6.45) is 1.76. The summed E-state index contributed by atoms with van der Waals surface area (Å²) in [4.78, 5) is 15.5. The van der Waals surface area contributed by atoms with Crippen molar-refractivity contribution >= 4 is 16.7 Å². The predicted octanol–water partition coefficient (Wildman–Crippen LogP) is 3.70. The second kappa shape index (κ2) is 4.11. The lowest BCUT2D eigenvalue weighted by molar-refractivity contribution is 0.0988. The molecular weight excluding hydrogens is 226 g/mol. The smallest absolute Gasteiger partial charge is 0.194 e. The predicted molar refractivity (Wildman–Crippen MR) is 69.4 cm³/mol. The molecule has 0 bridgehead atoms. The average molecular weight is 237 g/mol. The second-order valence-electron chi connectivity index (χ2n) is 4.10. The van der Waals surface area contributed by atoms with Gasteiger partial charge in [0, 0.05) is 24.1 Å².